The second kappa shape index (κ2) is 6.26. The molecule has 1 aromatic heterocycles. The van der Waals surface area contributed by atoms with E-state index in [1.807, 2.05) is 6.92 Å². The molecule has 1 fully saturated rings. The third-order valence-corrected chi connectivity index (χ3v) is 3.16. The Morgan fingerprint density at radius 3 is 3.00 bits per heavy atom. The number of carbonyl (C=O) groups excluding carboxylic acids is 2. The highest BCUT2D eigenvalue weighted by atomic mass is 16.3. The number of amides is 3. The van der Waals surface area contributed by atoms with E-state index in [0.717, 1.165) is 6.42 Å². The summed E-state index contributed by atoms with van der Waals surface area (Å²) < 4.78 is 5.15. The van der Waals surface area contributed by atoms with Gasteiger partial charge in [-0.25, -0.2) is 4.79 Å². The molecule has 0 unspecified atom stereocenters. The van der Waals surface area contributed by atoms with Crippen molar-refractivity contribution in [3.05, 3.63) is 24.2 Å². The molecule has 2 heterocycles. The highest BCUT2D eigenvalue weighted by Crippen LogP contribution is 2.17. The molecule has 6 nitrogen and oxygen atoms in total. The van der Waals surface area contributed by atoms with Gasteiger partial charge in [0.05, 0.1) is 12.8 Å². The molecule has 1 atom stereocenters. The SMILES string of the molecule is CCNC(=O)N1CCC[C@H]1C(=O)NCc1ccco1. The van der Waals surface area contributed by atoms with Crippen LogP contribution in [0.4, 0.5) is 4.79 Å². The van der Waals surface area contributed by atoms with Crippen molar-refractivity contribution in [1.29, 1.82) is 0 Å². The number of furan rings is 1. The maximum Gasteiger partial charge on any atom is 0.318 e. The fourth-order valence-corrected chi connectivity index (χ4v) is 2.24. The number of hydrogen-bond donors (Lipinski definition) is 2. The minimum Gasteiger partial charge on any atom is -0.467 e. The van der Waals surface area contributed by atoms with Crippen molar-refractivity contribution in [2.75, 3.05) is 13.1 Å². The Morgan fingerprint density at radius 2 is 2.32 bits per heavy atom. The maximum absolute atomic E-state index is 12.1. The van der Waals surface area contributed by atoms with E-state index >= 15 is 0 Å². The molecular weight excluding hydrogens is 246 g/mol. The lowest BCUT2D eigenvalue weighted by Gasteiger charge is -2.23. The standard InChI is InChI=1S/C13H19N3O3/c1-2-14-13(18)16-7-3-6-11(16)12(17)15-9-10-5-4-8-19-10/h4-5,8,11H,2-3,6-7,9H2,1H3,(H,14,18)(H,15,17)/t11-/m0/s1. The highest BCUT2D eigenvalue weighted by molar-refractivity contribution is 5.87. The first-order valence-electron chi connectivity index (χ1n) is 6.57. The summed E-state index contributed by atoms with van der Waals surface area (Å²) >= 11 is 0. The van der Waals surface area contributed by atoms with E-state index in [-0.39, 0.29) is 18.0 Å². The van der Waals surface area contributed by atoms with Gasteiger partial charge in [0.15, 0.2) is 0 Å². The lowest BCUT2D eigenvalue weighted by Crippen LogP contribution is -2.49. The van der Waals surface area contributed by atoms with Gasteiger partial charge in [0.25, 0.3) is 0 Å². The Balaban J connectivity index is 1.88. The second-order valence-corrected chi connectivity index (χ2v) is 4.48. The molecule has 0 bridgehead atoms. The number of likely N-dealkylation sites (tertiary alicyclic amines) is 1. The van der Waals surface area contributed by atoms with E-state index in [1.54, 1.807) is 23.3 Å². The topological polar surface area (TPSA) is 74.6 Å². The molecule has 0 spiro atoms. The van der Waals surface area contributed by atoms with Crippen LogP contribution in [0.3, 0.4) is 0 Å². The fourth-order valence-electron chi connectivity index (χ4n) is 2.24. The lowest BCUT2D eigenvalue weighted by molar-refractivity contribution is -0.124. The zero-order valence-electron chi connectivity index (χ0n) is 11.0. The summed E-state index contributed by atoms with van der Waals surface area (Å²) in [5, 5.41) is 5.53. The highest BCUT2D eigenvalue weighted by Gasteiger charge is 2.33. The number of carbonyl (C=O) groups is 2. The molecule has 2 N–H and O–H groups in total. The van der Waals surface area contributed by atoms with Gasteiger partial charge in [-0.2, -0.15) is 0 Å². The summed E-state index contributed by atoms with van der Waals surface area (Å²) in [5.74, 6) is 0.580. The van der Waals surface area contributed by atoms with E-state index in [0.29, 0.717) is 31.8 Å². The van der Waals surface area contributed by atoms with Gasteiger partial charge >= 0.3 is 6.03 Å². The first kappa shape index (κ1) is 13.5. The molecule has 1 aliphatic heterocycles. The number of nitrogens with one attached hydrogen (secondary N) is 2. The molecule has 2 rings (SSSR count). The predicted molar refractivity (Wildman–Crippen MR) is 69.4 cm³/mol. The molecule has 104 valence electrons. The molecule has 1 saturated heterocycles. The van der Waals surface area contributed by atoms with Crippen molar-refractivity contribution in [2.45, 2.75) is 32.4 Å². The predicted octanol–water partition coefficient (Wildman–Crippen LogP) is 1.09. The van der Waals surface area contributed by atoms with Gasteiger partial charge in [-0.05, 0) is 31.9 Å². The smallest absolute Gasteiger partial charge is 0.318 e. The molecule has 0 aliphatic carbocycles. The largest absolute Gasteiger partial charge is 0.467 e. The van der Waals surface area contributed by atoms with Crippen molar-refractivity contribution in [2.24, 2.45) is 0 Å². The van der Waals surface area contributed by atoms with Crippen molar-refractivity contribution in [1.82, 2.24) is 15.5 Å². The van der Waals surface area contributed by atoms with Gasteiger partial charge in [-0.15, -0.1) is 0 Å². The average molecular weight is 265 g/mol. The Bertz CT molecular complexity index is 430. The molecule has 1 aromatic rings. The van der Waals surface area contributed by atoms with Crippen molar-refractivity contribution in [3.8, 4) is 0 Å². The molecule has 0 radical (unpaired) electrons. The van der Waals surface area contributed by atoms with E-state index < -0.39 is 0 Å². The number of urea groups is 1. The Labute approximate surface area is 112 Å². The van der Waals surface area contributed by atoms with Crippen LogP contribution in [0.15, 0.2) is 22.8 Å². The third-order valence-electron chi connectivity index (χ3n) is 3.16. The van der Waals surface area contributed by atoms with Gasteiger partial charge in [0.2, 0.25) is 5.91 Å². The minimum absolute atomic E-state index is 0.125. The first-order valence-corrected chi connectivity index (χ1v) is 6.57. The van der Waals surface area contributed by atoms with Gasteiger partial charge in [0.1, 0.15) is 11.8 Å². The van der Waals surface area contributed by atoms with E-state index in [1.165, 1.54) is 0 Å². The first-order chi connectivity index (χ1) is 9.22. The molecule has 6 heteroatoms. The van der Waals surface area contributed by atoms with Crippen LogP contribution in [-0.2, 0) is 11.3 Å². The summed E-state index contributed by atoms with van der Waals surface area (Å²) in [6.45, 7) is 3.41. The van der Waals surface area contributed by atoms with Crippen molar-refractivity contribution >= 4 is 11.9 Å². The number of rotatable bonds is 4. The zero-order chi connectivity index (χ0) is 13.7. The summed E-state index contributed by atoms with van der Waals surface area (Å²) in [6, 6.07) is 3.04. The van der Waals surface area contributed by atoms with Gasteiger partial charge in [-0.3, -0.25) is 4.79 Å². The van der Waals surface area contributed by atoms with E-state index in [2.05, 4.69) is 10.6 Å². The van der Waals surface area contributed by atoms with Crippen LogP contribution < -0.4 is 10.6 Å². The van der Waals surface area contributed by atoms with Gasteiger partial charge < -0.3 is 20.0 Å². The molecule has 3 amide bonds. The van der Waals surface area contributed by atoms with Gasteiger partial charge in [-0.1, -0.05) is 0 Å². The normalized spacial score (nSPS) is 18.4. The molecule has 0 aromatic carbocycles. The summed E-state index contributed by atoms with van der Waals surface area (Å²) in [6.07, 6.45) is 3.13. The Hall–Kier alpha value is -1.98. The van der Waals surface area contributed by atoms with Crippen LogP contribution in [0.2, 0.25) is 0 Å². The summed E-state index contributed by atoms with van der Waals surface area (Å²) in [4.78, 5) is 25.5. The van der Waals surface area contributed by atoms with Crippen LogP contribution in [0.25, 0.3) is 0 Å². The van der Waals surface area contributed by atoms with Crippen LogP contribution in [0, 0.1) is 0 Å². The van der Waals surface area contributed by atoms with Crippen LogP contribution in [0.1, 0.15) is 25.5 Å². The molecule has 1 aliphatic rings. The lowest BCUT2D eigenvalue weighted by atomic mass is 10.2. The quantitative estimate of drug-likeness (QED) is 0.855. The summed E-state index contributed by atoms with van der Waals surface area (Å²) in [5.41, 5.74) is 0. The van der Waals surface area contributed by atoms with Crippen LogP contribution >= 0.6 is 0 Å². The Morgan fingerprint density at radius 1 is 1.47 bits per heavy atom. The van der Waals surface area contributed by atoms with Crippen LogP contribution in [0.5, 0.6) is 0 Å². The van der Waals surface area contributed by atoms with E-state index in [9.17, 15) is 9.59 Å². The van der Waals surface area contributed by atoms with Crippen molar-refractivity contribution < 1.29 is 14.0 Å². The van der Waals surface area contributed by atoms with Crippen LogP contribution in [-0.4, -0.2) is 36.0 Å². The summed E-state index contributed by atoms with van der Waals surface area (Å²) in [7, 11) is 0. The third kappa shape index (κ3) is 3.27. The average Bonchev–Trinajstić information content (AvgIpc) is 3.07. The second-order valence-electron chi connectivity index (χ2n) is 4.48. The monoisotopic (exact) mass is 265 g/mol. The van der Waals surface area contributed by atoms with E-state index in [4.69, 9.17) is 4.42 Å². The fraction of sp³-hybridized carbons (Fsp3) is 0.538. The number of nitrogens with zero attached hydrogens (tertiary/aromatic N) is 1. The van der Waals surface area contributed by atoms with Gasteiger partial charge in [0, 0.05) is 13.1 Å². The minimum atomic E-state index is -0.374. The maximum atomic E-state index is 12.1. The molecule has 19 heavy (non-hydrogen) atoms. The number of hydrogen-bond acceptors (Lipinski definition) is 3. The zero-order valence-corrected chi connectivity index (χ0v) is 11.0. The Kier molecular flexibility index (Phi) is 4.43. The van der Waals surface area contributed by atoms with Crippen molar-refractivity contribution in [3.63, 3.8) is 0 Å². The molecular formula is C13H19N3O3. The molecule has 0 saturated carbocycles.